The van der Waals surface area contributed by atoms with Crippen molar-refractivity contribution in [2.45, 2.75) is 53.0 Å². The van der Waals surface area contributed by atoms with Crippen LogP contribution < -0.4 is 10.6 Å². The predicted molar refractivity (Wildman–Crippen MR) is 82.3 cm³/mol. The van der Waals surface area contributed by atoms with Crippen molar-refractivity contribution in [1.82, 2.24) is 10.6 Å². The Morgan fingerprint density at radius 2 is 1.59 bits per heavy atom. The third-order valence-electron chi connectivity index (χ3n) is 3.06. The van der Waals surface area contributed by atoms with Gasteiger partial charge in [0.15, 0.2) is 0 Å². The molecular weight excluding hydrogens is 288 g/mol. The molecule has 0 saturated carbocycles. The van der Waals surface area contributed by atoms with Crippen LogP contribution in [-0.4, -0.2) is 43.8 Å². The number of amides is 2. The van der Waals surface area contributed by atoms with E-state index in [1.165, 1.54) is 0 Å². The van der Waals surface area contributed by atoms with Gasteiger partial charge in [-0.1, -0.05) is 34.1 Å². The predicted octanol–water partition coefficient (Wildman–Crippen LogP) is 1.61. The van der Waals surface area contributed by atoms with Crippen molar-refractivity contribution in [3.63, 3.8) is 0 Å². The number of ether oxygens (including phenoxy) is 2. The topological polar surface area (TPSA) is 93.7 Å². The van der Waals surface area contributed by atoms with Crippen LogP contribution in [0.3, 0.4) is 0 Å². The molecule has 7 heteroatoms. The SMILES string of the molecule is CCCOC(=O)NCC(=O)NC(C(=O)OCCC)C(C)CC. The molecule has 0 aliphatic heterocycles. The fraction of sp³-hybridized carbons (Fsp3) is 0.800. The summed E-state index contributed by atoms with van der Waals surface area (Å²) in [6.07, 6.45) is 1.50. The highest BCUT2D eigenvalue weighted by molar-refractivity contribution is 5.87. The van der Waals surface area contributed by atoms with Gasteiger partial charge < -0.3 is 20.1 Å². The molecule has 0 rings (SSSR count). The molecule has 0 aromatic heterocycles. The Kier molecular flexibility index (Phi) is 10.9. The largest absolute Gasteiger partial charge is 0.464 e. The smallest absolute Gasteiger partial charge is 0.407 e. The van der Waals surface area contributed by atoms with Crippen LogP contribution in [0.5, 0.6) is 0 Å². The first-order valence-electron chi connectivity index (χ1n) is 7.82. The summed E-state index contributed by atoms with van der Waals surface area (Å²) in [6.45, 7) is 7.94. The molecule has 0 heterocycles. The lowest BCUT2D eigenvalue weighted by atomic mass is 9.99. The Bertz CT molecular complexity index is 360. The van der Waals surface area contributed by atoms with Crippen LogP contribution >= 0.6 is 0 Å². The molecule has 0 saturated heterocycles. The maximum Gasteiger partial charge on any atom is 0.407 e. The summed E-state index contributed by atoms with van der Waals surface area (Å²) in [5.74, 6) is -0.953. The Morgan fingerprint density at radius 3 is 2.14 bits per heavy atom. The van der Waals surface area contributed by atoms with Gasteiger partial charge >= 0.3 is 12.1 Å². The summed E-state index contributed by atoms with van der Waals surface area (Å²) in [7, 11) is 0. The standard InChI is InChI=1S/C15H28N2O5/c1-5-8-21-14(19)13(11(4)7-3)17-12(18)10-16-15(20)22-9-6-2/h11,13H,5-10H2,1-4H3,(H,16,20)(H,17,18). The molecule has 2 atom stereocenters. The molecular formula is C15H28N2O5. The van der Waals surface area contributed by atoms with Gasteiger partial charge in [-0.3, -0.25) is 4.79 Å². The second-order valence-corrected chi connectivity index (χ2v) is 5.09. The number of carbonyl (C=O) groups excluding carboxylic acids is 3. The van der Waals surface area contributed by atoms with Crippen LogP contribution in [0.2, 0.25) is 0 Å². The minimum atomic E-state index is -0.711. The first-order valence-corrected chi connectivity index (χ1v) is 7.82. The summed E-state index contributed by atoms with van der Waals surface area (Å²) in [5.41, 5.74) is 0. The average Bonchev–Trinajstić information content (AvgIpc) is 2.52. The number of rotatable bonds is 10. The van der Waals surface area contributed by atoms with E-state index in [9.17, 15) is 14.4 Å². The minimum Gasteiger partial charge on any atom is -0.464 e. The lowest BCUT2D eigenvalue weighted by molar-refractivity contribution is -0.149. The number of esters is 1. The van der Waals surface area contributed by atoms with Gasteiger partial charge in [0.2, 0.25) is 5.91 Å². The van der Waals surface area contributed by atoms with E-state index < -0.39 is 24.0 Å². The van der Waals surface area contributed by atoms with Crippen molar-refractivity contribution in [2.24, 2.45) is 5.92 Å². The maximum atomic E-state index is 12.0. The molecule has 0 fully saturated rings. The number of alkyl carbamates (subject to hydrolysis) is 1. The van der Waals surface area contributed by atoms with Crippen LogP contribution in [0.15, 0.2) is 0 Å². The van der Waals surface area contributed by atoms with E-state index in [1.807, 2.05) is 27.7 Å². The summed E-state index contributed by atoms with van der Waals surface area (Å²) in [4.78, 5) is 35.1. The molecule has 128 valence electrons. The van der Waals surface area contributed by atoms with Gasteiger partial charge in [0.1, 0.15) is 12.6 Å². The number of carbonyl (C=O) groups is 3. The molecule has 2 N–H and O–H groups in total. The molecule has 2 amide bonds. The van der Waals surface area contributed by atoms with Crippen LogP contribution in [-0.2, 0) is 19.1 Å². The second kappa shape index (κ2) is 11.8. The first kappa shape index (κ1) is 20.2. The summed E-state index contributed by atoms with van der Waals surface area (Å²) in [5, 5.41) is 4.94. The van der Waals surface area contributed by atoms with Crippen molar-refractivity contribution in [3.05, 3.63) is 0 Å². The zero-order chi connectivity index (χ0) is 17.0. The van der Waals surface area contributed by atoms with E-state index in [0.29, 0.717) is 19.6 Å². The summed E-state index contributed by atoms with van der Waals surface area (Å²) < 4.78 is 9.88. The third-order valence-corrected chi connectivity index (χ3v) is 3.06. The van der Waals surface area contributed by atoms with E-state index in [4.69, 9.17) is 9.47 Å². The van der Waals surface area contributed by atoms with Gasteiger partial charge in [-0.05, 0) is 18.8 Å². The number of hydrogen-bond donors (Lipinski definition) is 2. The van der Waals surface area contributed by atoms with E-state index in [-0.39, 0.29) is 12.5 Å². The molecule has 0 radical (unpaired) electrons. The van der Waals surface area contributed by atoms with Crippen molar-refractivity contribution in [3.8, 4) is 0 Å². The highest BCUT2D eigenvalue weighted by Gasteiger charge is 2.27. The molecule has 0 aliphatic rings. The van der Waals surface area contributed by atoms with Gasteiger partial charge in [0.25, 0.3) is 0 Å². The number of nitrogens with one attached hydrogen (secondary N) is 2. The van der Waals surface area contributed by atoms with Gasteiger partial charge in [0, 0.05) is 0 Å². The molecule has 2 unspecified atom stereocenters. The fourth-order valence-corrected chi connectivity index (χ4v) is 1.58. The average molecular weight is 316 g/mol. The normalized spacial score (nSPS) is 12.9. The maximum absolute atomic E-state index is 12.0. The van der Waals surface area contributed by atoms with Gasteiger partial charge in [-0.25, -0.2) is 9.59 Å². The van der Waals surface area contributed by atoms with Gasteiger partial charge in [-0.2, -0.15) is 0 Å². The molecule has 0 spiro atoms. The lowest BCUT2D eigenvalue weighted by Crippen LogP contribution is -2.49. The Balaban J connectivity index is 4.37. The molecule has 22 heavy (non-hydrogen) atoms. The minimum absolute atomic E-state index is 0.0552. The molecule has 0 aliphatic carbocycles. The molecule has 0 aromatic rings. The Hall–Kier alpha value is -1.79. The number of hydrogen-bond acceptors (Lipinski definition) is 5. The Labute approximate surface area is 132 Å². The molecule has 0 bridgehead atoms. The highest BCUT2D eigenvalue weighted by atomic mass is 16.5. The van der Waals surface area contributed by atoms with Crippen molar-refractivity contribution in [1.29, 1.82) is 0 Å². The van der Waals surface area contributed by atoms with E-state index >= 15 is 0 Å². The van der Waals surface area contributed by atoms with Crippen LogP contribution in [0.1, 0.15) is 47.0 Å². The molecule has 0 aromatic carbocycles. The highest BCUT2D eigenvalue weighted by Crippen LogP contribution is 2.09. The summed E-state index contributed by atoms with van der Waals surface area (Å²) >= 11 is 0. The van der Waals surface area contributed by atoms with E-state index in [0.717, 1.165) is 12.8 Å². The van der Waals surface area contributed by atoms with Crippen molar-refractivity contribution >= 4 is 18.0 Å². The first-order chi connectivity index (χ1) is 10.5. The van der Waals surface area contributed by atoms with Crippen LogP contribution in [0.25, 0.3) is 0 Å². The van der Waals surface area contributed by atoms with E-state index in [2.05, 4.69) is 10.6 Å². The zero-order valence-corrected chi connectivity index (χ0v) is 13.9. The molecule has 7 nitrogen and oxygen atoms in total. The van der Waals surface area contributed by atoms with Crippen LogP contribution in [0.4, 0.5) is 4.79 Å². The quantitative estimate of drug-likeness (QED) is 0.597. The third kappa shape index (κ3) is 8.49. The van der Waals surface area contributed by atoms with Gasteiger partial charge in [-0.15, -0.1) is 0 Å². The zero-order valence-electron chi connectivity index (χ0n) is 13.9. The van der Waals surface area contributed by atoms with Crippen molar-refractivity contribution < 1.29 is 23.9 Å². The fourth-order valence-electron chi connectivity index (χ4n) is 1.58. The van der Waals surface area contributed by atoms with Crippen molar-refractivity contribution in [2.75, 3.05) is 19.8 Å². The van der Waals surface area contributed by atoms with Crippen LogP contribution in [0, 0.1) is 5.92 Å². The summed E-state index contributed by atoms with van der Waals surface area (Å²) in [6, 6.07) is -0.711. The second-order valence-electron chi connectivity index (χ2n) is 5.09. The Morgan fingerprint density at radius 1 is 1.00 bits per heavy atom. The monoisotopic (exact) mass is 316 g/mol. The van der Waals surface area contributed by atoms with E-state index in [1.54, 1.807) is 0 Å². The van der Waals surface area contributed by atoms with Gasteiger partial charge in [0.05, 0.1) is 13.2 Å². The lowest BCUT2D eigenvalue weighted by Gasteiger charge is -2.22.